The molecule has 0 spiro atoms. The third-order valence-corrected chi connectivity index (χ3v) is 4.10. The molecule has 0 amide bonds. The molecule has 4 heteroatoms. The fourth-order valence-corrected chi connectivity index (χ4v) is 2.73. The van der Waals surface area contributed by atoms with E-state index in [1.165, 1.54) is 11.3 Å². The molecule has 2 aromatic rings. The summed E-state index contributed by atoms with van der Waals surface area (Å²) in [6, 6.07) is 7.71. The van der Waals surface area contributed by atoms with Crippen LogP contribution in [0.4, 0.5) is 0 Å². The van der Waals surface area contributed by atoms with E-state index in [-0.39, 0.29) is 0 Å². The molecule has 2 rings (SSSR count). The Kier molecular flexibility index (Phi) is 2.29. The fraction of sp³-hybridized carbons (Fsp3) is 0. The number of fused-ring (bicyclic) bond motifs is 1. The van der Waals surface area contributed by atoms with Gasteiger partial charge >= 0.3 is 0 Å². The topological polar surface area (TPSA) is 23.8 Å². The van der Waals surface area contributed by atoms with Crippen LogP contribution >= 0.6 is 38.9 Å². The summed E-state index contributed by atoms with van der Waals surface area (Å²) in [5, 5.41) is 10.4. The van der Waals surface area contributed by atoms with Crippen molar-refractivity contribution in [3.8, 4) is 6.07 Å². The third-order valence-electron chi connectivity index (χ3n) is 1.70. The van der Waals surface area contributed by atoms with E-state index in [4.69, 9.17) is 16.9 Å². The quantitative estimate of drug-likeness (QED) is 0.705. The van der Waals surface area contributed by atoms with Crippen molar-refractivity contribution in [3.05, 3.63) is 32.6 Å². The monoisotopic (exact) mass is 271 g/mol. The lowest BCUT2D eigenvalue weighted by molar-refractivity contribution is 1.52. The first-order chi connectivity index (χ1) is 6.22. The molecule has 0 fully saturated rings. The number of halogens is 2. The van der Waals surface area contributed by atoms with Crippen molar-refractivity contribution in [1.82, 2.24) is 0 Å². The van der Waals surface area contributed by atoms with E-state index in [2.05, 4.69) is 22.0 Å². The molecular weight excluding hydrogens is 270 g/mol. The Labute approximate surface area is 92.7 Å². The Morgan fingerprint density at radius 3 is 2.92 bits per heavy atom. The number of nitriles is 1. The number of nitrogens with zero attached hydrogens (tertiary/aromatic N) is 1. The van der Waals surface area contributed by atoms with E-state index in [1.54, 1.807) is 0 Å². The average Bonchev–Trinajstić information content (AvgIpc) is 2.55. The van der Waals surface area contributed by atoms with Crippen molar-refractivity contribution in [1.29, 1.82) is 5.26 Å². The molecule has 0 bridgehead atoms. The fourth-order valence-electron chi connectivity index (χ4n) is 1.11. The highest BCUT2D eigenvalue weighted by molar-refractivity contribution is 9.10. The molecule has 1 nitrogen and oxygen atoms in total. The summed E-state index contributed by atoms with van der Waals surface area (Å²) in [5.74, 6) is 0. The summed E-state index contributed by atoms with van der Waals surface area (Å²) in [5.41, 5.74) is 0. The van der Waals surface area contributed by atoms with Gasteiger partial charge in [-0.15, -0.1) is 11.3 Å². The molecule has 13 heavy (non-hydrogen) atoms. The van der Waals surface area contributed by atoms with Crippen LogP contribution < -0.4 is 0 Å². The van der Waals surface area contributed by atoms with E-state index in [9.17, 15) is 0 Å². The van der Waals surface area contributed by atoms with Gasteiger partial charge in [0.2, 0.25) is 0 Å². The highest BCUT2D eigenvalue weighted by Crippen LogP contribution is 2.35. The number of thiophene rings is 1. The summed E-state index contributed by atoms with van der Waals surface area (Å²) in [6.45, 7) is 0. The van der Waals surface area contributed by atoms with Gasteiger partial charge in [-0.3, -0.25) is 0 Å². The molecule has 1 aromatic heterocycles. The Morgan fingerprint density at radius 1 is 1.46 bits per heavy atom. The maximum Gasteiger partial charge on any atom is 0.110 e. The molecule has 0 saturated heterocycles. The Balaban J connectivity index is 2.86. The molecule has 0 saturated carbocycles. The number of benzene rings is 1. The van der Waals surface area contributed by atoms with E-state index in [1.807, 2.05) is 18.2 Å². The molecule has 1 aromatic carbocycles. The maximum absolute atomic E-state index is 8.71. The average molecular weight is 273 g/mol. The minimum Gasteiger partial charge on any atom is -0.192 e. The zero-order valence-corrected chi connectivity index (χ0v) is 9.50. The van der Waals surface area contributed by atoms with Crippen LogP contribution in [0.5, 0.6) is 0 Å². The Morgan fingerprint density at radius 2 is 2.23 bits per heavy atom. The number of hydrogen-bond donors (Lipinski definition) is 0. The second kappa shape index (κ2) is 3.30. The molecule has 0 atom stereocenters. The van der Waals surface area contributed by atoms with Crippen LogP contribution in [0.15, 0.2) is 22.7 Å². The molecule has 64 valence electrons. The van der Waals surface area contributed by atoms with Crippen LogP contribution in [0, 0.1) is 11.3 Å². The van der Waals surface area contributed by atoms with E-state index < -0.39 is 0 Å². The van der Waals surface area contributed by atoms with Gasteiger partial charge < -0.3 is 0 Å². The second-order valence-corrected chi connectivity index (χ2v) is 4.78. The van der Waals surface area contributed by atoms with Gasteiger partial charge in [0.05, 0.1) is 5.02 Å². The highest BCUT2D eigenvalue weighted by Gasteiger charge is 2.06. The molecule has 0 aliphatic rings. The third kappa shape index (κ3) is 1.46. The van der Waals surface area contributed by atoms with Crippen LogP contribution in [0.3, 0.4) is 0 Å². The minimum atomic E-state index is 0.676. The first kappa shape index (κ1) is 9.01. The Hall–Kier alpha value is -0.560. The second-order valence-electron chi connectivity index (χ2n) is 2.50. The zero-order chi connectivity index (χ0) is 9.42. The molecular formula is C9H3BrClNS. The van der Waals surface area contributed by atoms with Gasteiger partial charge in [-0.1, -0.05) is 11.6 Å². The van der Waals surface area contributed by atoms with Crippen molar-refractivity contribution in [2.45, 2.75) is 0 Å². The van der Waals surface area contributed by atoms with Gasteiger partial charge in [0.25, 0.3) is 0 Å². The zero-order valence-electron chi connectivity index (χ0n) is 6.34. The van der Waals surface area contributed by atoms with Crippen LogP contribution in [-0.2, 0) is 0 Å². The molecule has 0 N–H and O–H groups in total. The molecule has 0 aliphatic heterocycles. The molecule has 0 radical (unpaired) electrons. The van der Waals surface area contributed by atoms with Crippen LogP contribution in [-0.4, -0.2) is 0 Å². The molecule has 0 unspecified atom stereocenters. The summed E-state index contributed by atoms with van der Waals surface area (Å²) in [7, 11) is 0. The van der Waals surface area contributed by atoms with Crippen molar-refractivity contribution in [3.63, 3.8) is 0 Å². The smallest absolute Gasteiger partial charge is 0.110 e. The lowest BCUT2D eigenvalue weighted by Crippen LogP contribution is -1.68. The largest absolute Gasteiger partial charge is 0.192 e. The normalized spacial score (nSPS) is 10.2. The summed E-state index contributed by atoms with van der Waals surface area (Å²) >= 11 is 10.8. The first-order valence-corrected chi connectivity index (χ1v) is 5.49. The van der Waals surface area contributed by atoms with Crippen LogP contribution in [0.25, 0.3) is 10.1 Å². The summed E-state index contributed by atoms with van der Waals surface area (Å²) in [4.78, 5) is 0.706. The lowest BCUT2D eigenvalue weighted by atomic mass is 10.2. The van der Waals surface area contributed by atoms with Crippen molar-refractivity contribution in [2.24, 2.45) is 0 Å². The van der Waals surface area contributed by atoms with Gasteiger partial charge in [0.15, 0.2) is 0 Å². The number of rotatable bonds is 0. The molecule has 1 heterocycles. The van der Waals surface area contributed by atoms with Crippen LogP contribution in [0.2, 0.25) is 5.02 Å². The SMILES string of the molecule is N#Cc1cc2c(Br)c(Cl)ccc2s1. The highest BCUT2D eigenvalue weighted by atomic mass is 79.9. The van der Waals surface area contributed by atoms with Gasteiger partial charge in [0, 0.05) is 14.6 Å². The lowest BCUT2D eigenvalue weighted by Gasteiger charge is -1.95. The van der Waals surface area contributed by atoms with Gasteiger partial charge in [-0.2, -0.15) is 5.26 Å². The van der Waals surface area contributed by atoms with Gasteiger partial charge in [-0.05, 0) is 34.1 Å². The minimum absolute atomic E-state index is 0.676. The first-order valence-electron chi connectivity index (χ1n) is 3.50. The van der Waals surface area contributed by atoms with E-state index in [0.29, 0.717) is 9.90 Å². The summed E-state index contributed by atoms with van der Waals surface area (Å²) < 4.78 is 1.94. The standard InChI is InChI=1S/C9H3BrClNS/c10-9-6-3-5(4-12)13-8(6)2-1-7(9)11/h1-3H. The Bertz CT molecular complexity index is 512. The van der Waals surface area contributed by atoms with Crippen LogP contribution in [0.1, 0.15) is 4.88 Å². The van der Waals surface area contributed by atoms with E-state index >= 15 is 0 Å². The number of hydrogen-bond acceptors (Lipinski definition) is 2. The predicted octanol–water partition coefficient (Wildman–Crippen LogP) is 4.19. The van der Waals surface area contributed by atoms with Crippen molar-refractivity contribution in [2.75, 3.05) is 0 Å². The van der Waals surface area contributed by atoms with Crippen molar-refractivity contribution < 1.29 is 0 Å². The predicted molar refractivity (Wildman–Crippen MR) is 59.3 cm³/mol. The van der Waals surface area contributed by atoms with Gasteiger partial charge in [-0.25, -0.2) is 0 Å². The van der Waals surface area contributed by atoms with Gasteiger partial charge in [0.1, 0.15) is 10.9 Å². The molecule has 0 aliphatic carbocycles. The van der Waals surface area contributed by atoms with Crippen molar-refractivity contribution >= 4 is 49.0 Å². The van der Waals surface area contributed by atoms with E-state index in [0.717, 1.165) is 14.6 Å². The maximum atomic E-state index is 8.71. The summed E-state index contributed by atoms with van der Waals surface area (Å²) in [6.07, 6.45) is 0.